The normalized spacial score (nSPS) is 19.3. The third kappa shape index (κ3) is 7.10. The molecule has 0 aromatic heterocycles. The lowest BCUT2D eigenvalue weighted by Crippen LogP contribution is -2.54. The minimum absolute atomic E-state index is 0.0195. The molecule has 1 aliphatic carbocycles. The number of rotatable bonds is 6. The summed E-state index contributed by atoms with van der Waals surface area (Å²) in [6.45, 7) is 1.97. The van der Waals surface area contributed by atoms with Gasteiger partial charge in [-0.15, -0.1) is 5.06 Å². The second-order valence-electron chi connectivity index (χ2n) is 6.60. The largest absolute Gasteiger partial charge is 0.477 e. The molecule has 1 N–H and O–H groups in total. The van der Waals surface area contributed by atoms with E-state index in [2.05, 4.69) is 94.7 Å². The molecule has 0 aromatic carbocycles. The van der Waals surface area contributed by atoms with Gasteiger partial charge in [0, 0.05) is 6.42 Å². The van der Waals surface area contributed by atoms with Crippen LogP contribution in [0.1, 0.15) is 13.3 Å². The molecule has 1 aliphatic heterocycles. The highest BCUT2D eigenvalue weighted by Gasteiger charge is 2.53. The monoisotopic (exact) mass is 393 g/mol. The highest BCUT2D eigenvalue weighted by molar-refractivity contribution is 5.67. The van der Waals surface area contributed by atoms with Gasteiger partial charge >= 0.3 is 5.97 Å². The smallest absolute Gasteiger partial charge is 0.359 e. The van der Waals surface area contributed by atoms with E-state index in [4.69, 9.17) is 4.84 Å². The van der Waals surface area contributed by atoms with Crippen LogP contribution in [-0.2, 0) is 9.63 Å². The van der Waals surface area contributed by atoms with E-state index in [-0.39, 0.29) is 23.3 Å². The molecule has 0 bridgehead atoms. The van der Waals surface area contributed by atoms with Crippen LogP contribution in [0, 0.1) is 94.7 Å². The second-order valence-corrected chi connectivity index (χ2v) is 6.60. The minimum atomic E-state index is -0.868. The number of carbonyl (C=O) groups is 1. The molecular weight excluding hydrogens is 376 g/mol. The van der Waals surface area contributed by atoms with Crippen LogP contribution in [0.3, 0.4) is 0 Å². The molecule has 0 saturated carbocycles. The molecule has 0 radical (unpaired) electrons. The number of hydroxylamine groups is 2. The summed E-state index contributed by atoms with van der Waals surface area (Å²) in [6.07, 6.45) is 0.417. The molecule has 5 heteroatoms. The molecule has 0 spiro atoms. The number of carboxylic acids is 1. The van der Waals surface area contributed by atoms with E-state index < -0.39 is 12.0 Å². The van der Waals surface area contributed by atoms with Crippen LogP contribution in [0.4, 0.5) is 0 Å². The van der Waals surface area contributed by atoms with E-state index in [1.807, 2.05) is 21.0 Å². The van der Waals surface area contributed by atoms with Gasteiger partial charge in [-0.1, -0.05) is 18.8 Å². The lowest BCUT2D eigenvalue weighted by Gasteiger charge is -2.35. The van der Waals surface area contributed by atoms with Crippen LogP contribution in [0.2, 0.25) is 0 Å². The van der Waals surface area contributed by atoms with Gasteiger partial charge in [-0.3, -0.25) is 4.84 Å². The Morgan fingerprint density at radius 3 is 1.63 bits per heavy atom. The summed E-state index contributed by atoms with van der Waals surface area (Å²) in [7, 11) is 3.72. The zero-order valence-electron chi connectivity index (χ0n) is 16.8. The van der Waals surface area contributed by atoms with Crippen molar-refractivity contribution in [2.45, 2.75) is 31.7 Å². The van der Waals surface area contributed by atoms with Crippen LogP contribution in [0.25, 0.3) is 0 Å². The summed E-state index contributed by atoms with van der Waals surface area (Å²) in [4.78, 5) is 16.9. The van der Waals surface area contributed by atoms with E-state index in [9.17, 15) is 9.90 Å². The Kier molecular flexibility index (Phi) is 8.10. The van der Waals surface area contributed by atoms with Gasteiger partial charge in [0.1, 0.15) is 6.04 Å². The number of carboxylic acid groups (broad SMARTS) is 1. The highest BCUT2D eigenvalue weighted by atomic mass is 16.8. The standard InChI is InChI=1S/C25H16N2O3/c1-4-23(27(2,3)21-24(28)29)25-26(30-25)22-19-17-15-13-11-9-7-5-6-8-10-12-14-16-18-20-22/h22-23,25H,4,21H2,1-3H3/p+1. The first-order valence-corrected chi connectivity index (χ1v) is 8.96. The van der Waals surface area contributed by atoms with E-state index in [1.54, 1.807) is 5.06 Å². The third-order valence-corrected chi connectivity index (χ3v) is 4.11. The first-order chi connectivity index (χ1) is 14.5. The molecule has 144 valence electrons. The van der Waals surface area contributed by atoms with Gasteiger partial charge in [0.15, 0.2) is 12.6 Å². The van der Waals surface area contributed by atoms with Gasteiger partial charge in [-0.05, 0) is 82.9 Å². The molecular formula is C25H17N2O3+. The first kappa shape index (κ1) is 22.1. The maximum atomic E-state index is 11.2. The molecule has 2 rings (SSSR count). The molecule has 0 aromatic rings. The summed E-state index contributed by atoms with van der Waals surface area (Å²) >= 11 is 0. The van der Waals surface area contributed by atoms with Crippen LogP contribution in [-0.4, -0.2) is 59.6 Å². The van der Waals surface area contributed by atoms with Gasteiger partial charge in [0.25, 0.3) is 0 Å². The van der Waals surface area contributed by atoms with Crippen molar-refractivity contribution in [3.63, 3.8) is 0 Å². The van der Waals surface area contributed by atoms with Crippen molar-refractivity contribution in [3.8, 4) is 94.7 Å². The zero-order chi connectivity index (χ0) is 21.8. The van der Waals surface area contributed by atoms with Crippen molar-refractivity contribution in [2.24, 2.45) is 0 Å². The van der Waals surface area contributed by atoms with Crippen molar-refractivity contribution in [1.82, 2.24) is 5.06 Å². The van der Waals surface area contributed by atoms with Crippen LogP contribution < -0.4 is 0 Å². The van der Waals surface area contributed by atoms with Crippen molar-refractivity contribution in [3.05, 3.63) is 0 Å². The Bertz CT molecular complexity index is 1140. The fourth-order valence-corrected chi connectivity index (χ4v) is 2.80. The SMILES string of the molecule is CCC(C1ON1C1C#CC#CC#CC#CC#CC#CC#CC#C1)[N+](C)(C)CC(=O)O. The van der Waals surface area contributed by atoms with Gasteiger partial charge in [-0.25, -0.2) is 4.79 Å². The quantitative estimate of drug-likeness (QED) is 0.389. The average molecular weight is 393 g/mol. The zero-order valence-corrected chi connectivity index (χ0v) is 16.8. The third-order valence-electron chi connectivity index (χ3n) is 4.11. The maximum Gasteiger partial charge on any atom is 0.359 e. The number of quaternary nitrogens is 1. The van der Waals surface area contributed by atoms with Crippen LogP contribution in [0.5, 0.6) is 0 Å². The van der Waals surface area contributed by atoms with E-state index in [0.29, 0.717) is 0 Å². The van der Waals surface area contributed by atoms with Crippen molar-refractivity contribution < 1.29 is 19.2 Å². The molecule has 3 unspecified atom stereocenters. The molecule has 3 atom stereocenters. The topological polar surface area (TPSA) is 52.8 Å². The lowest BCUT2D eigenvalue weighted by atomic mass is 10.1. The molecule has 1 heterocycles. The minimum Gasteiger partial charge on any atom is -0.477 e. The Morgan fingerprint density at radius 1 is 0.867 bits per heavy atom. The van der Waals surface area contributed by atoms with Gasteiger partial charge in [0.2, 0.25) is 6.23 Å². The van der Waals surface area contributed by atoms with Crippen molar-refractivity contribution in [2.75, 3.05) is 20.6 Å². The summed E-state index contributed by atoms with van der Waals surface area (Å²) < 4.78 is 0.271. The number of aliphatic carboxylic acids is 1. The Hall–Kier alpha value is -4.17. The first-order valence-electron chi connectivity index (χ1n) is 8.96. The lowest BCUT2D eigenvalue weighted by molar-refractivity contribution is -0.909. The van der Waals surface area contributed by atoms with Crippen molar-refractivity contribution >= 4 is 5.97 Å². The molecule has 1 saturated heterocycles. The van der Waals surface area contributed by atoms with Crippen LogP contribution >= 0.6 is 0 Å². The fourth-order valence-electron chi connectivity index (χ4n) is 2.80. The molecule has 30 heavy (non-hydrogen) atoms. The van der Waals surface area contributed by atoms with Gasteiger partial charge in [0.05, 0.1) is 14.1 Å². The van der Waals surface area contributed by atoms with Crippen LogP contribution in [0.15, 0.2) is 0 Å². The Morgan fingerprint density at radius 2 is 1.27 bits per heavy atom. The molecule has 2 aliphatic rings. The Balaban J connectivity index is 2.27. The van der Waals surface area contributed by atoms with Crippen molar-refractivity contribution in [1.29, 1.82) is 0 Å². The fraction of sp³-hybridized carbons (Fsp3) is 0.320. The molecule has 5 nitrogen and oxygen atoms in total. The van der Waals surface area contributed by atoms with Gasteiger partial charge < -0.3 is 9.59 Å². The predicted octanol–water partition coefficient (Wildman–Crippen LogP) is -0.0913. The number of hydrogen-bond acceptors (Lipinski definition) is 3. The van der Waals surface area contributed by atoms with Gasteiger partial charge in [-0.2, -0.15) is 0 Å². The average Bonchev–Trinajstić information content (AvgIpc) is 3.44. The number of hydrogen-bond donors (Lipinski definition) is 1. The summed E-state index contributed by atoms with van der Waals surface area (Å²) in [5, 5.41) is 10.8. The number of likely N-dealkylation sites (N-methyl/N-ethyl adjacent to an activating group) is 1. The molecule has 1 fully saturated rings. The van der Waals surface area contributed by atoms with E-state index >= 15 is 0 Å². The summed E-state index contributed by atoms with van der Waals surface area (Å²) in [6, 6.07) is -0.645. The predicted molar refractivity (Wildman–Crippen MR) is 111 cm³/mol. The highest BCUT2D eigenvalue weighted by Crippen LogP contribution is 2.32. The second kappa shape index (κ2) is 11.0. The number of nitrogens with zero attached hydrogens (tertiary/aromatic N) is 2. The summed E-state index contributed by atoms with van der Waals surface area (Å²) in [5.41, 5.74) is 0. The van der Waals surface area contributed by atoms with E-state index in [0.717, 1.165) is 6.42 Å². The summed E-state index contributed by atoms with van der Waals surface area (Å²) in [5.74, 6) is 41.1. The maximum absolute atomic E-state index is 11.2. The van der Waals surface area contributed by atoms with E-state index in [1.165, 1.54) is 0 Å². The molecule has 0 amide bonds. The Labute approximate surface area is 177 Å².